The number of aliphatic hydroxyl groups excluding tert-OH is 1. The number of nitrogens with zero attached hydrogens (tertiary/aromatic N) is 2. The number of benzene rings is 1. The zero-order chi connectivity index (χ0) is 15.5. The van der Waals surface area contributed by atoms with Gasteiger partial charge in [-0.2, -0.15) is 5.10 Å². The standard InChI is InChI=1S/C16H20ClN3O2/c1-11-2-3-14(17)16(6-11)22-10-13(21)9-20-5-4-15-12(8-20)7-18-19-15/h2-3,6-7,13,21H,4-5,8-10H2,1H3,(H,18,19)/t13-/m0/s1. The zero-order valence-corrected chi connectivity index (χ0v) is 13.3. The van der Waals surface area contributed by atoms with Crippen LogP contribution in [-0.4, -0.2) is 46.0 Å². The molecule has 0 unspecified atom stereocenters. The maximum atomic E-state index is 10.2. The number of aryl methyl sites for hydroxylation is 1. The third kappa shape index (κ3) is 3.61. The number of aromatic nitrogens is 2. The van der Waals surface area contributed by atoms with Crippen LogP contribution in [0.15, 0.2) is 24.4 Å². The second-order valence-corrected chi connectivity index (χ2v) is 6.16. The fraction of sp³-hybridized carbons (Fsp3) is 0.438. The molecule has 0 bridgehead atoms. The van der Waals surface area contributed by atoms with Gasteiger partial charge in [0.1, 0.15) is 18.5 Å². The van der Waals surface area contributed by atoms with Gasteiger partial charge in [0.15, 0.2) is 0 Å². The molecule has 1 aliphatic rings. The summed E-state index contributed by atoms with van der Waals surface area (Å²) in [5.74, 6) is 0.622. The van der Waals surface area contributed by atoms with Gasteiger partial charge in [0, 0.05) is 37.3 Å². The molecule has 0 amide bonds. The van der Waals surface area contributed by atoms with E-state index in [1.165, 1.54) is 11.3 Å². The van der Waals surface area contributed by atoms with Gasteiger partial charge in [-0.25, -0.2) is 0 Å². The highest BCUT2D eigenvalue weighted by atomic mass is 35.5. The van der Waals surface area contributed by atoms with Gasteiger partial charge >= 0.3 is 0 Å². The van der Waals surface area contributed by atoms with Gasteiger partial charge in [0.25, 0.3) is 0 Å². The van der Waals surface area contributed by atoms with Crippen molar-refractivity contribution in [3.8, 4) is 5.75 Å². The van der Waals surface area contributed by atoms with Crippen LogP contribution in [0.25, 0.3) is 0 Å². The van der Waals surface area contributed by atoms with Crippen molar-refractivity contribution in [1.82, 2.24) is 15.1 Å². The van der Waals surface area contributed by atoms with Crippen LogP contribution in [0.2, 0.25) is 5.02 Å². The summed E-state index contributed by atoms with van der Waals surface area (Å²) < 4.78 is 5.65. The summed E-state index contributed by atoms with van der Waals surface area (Å²) in [6.07, 6.45) is 2.24. The average molecular weight is 322 g/mol. The lowest BCUT2D eigenvalue weighted by molar-refractivity contribution is 0.0637. The number of rotatable bonds is 5. The largest absolute Gasteiger partial charge is 0.489 e. The van der Waals surface area contributed by atoms with Crippen molar-refractivity contribution in [2.45, 2.75) is 26.0 Å². The third-order valence-corrected chi connectivity index (χ3v) is 4.18. The third-order valence-electron chi connectivity index (χ3n) is 3.87. The van der Waals surface area contributed by atoms with E-state index in [1.54, 1.807) is 0 Å². The molecular formula is C16H20ClN3O2. The smallest absolute Gasteiger partial charge is 0.138 e. The zero-order valence-electron chi connectivity index (χ0n) is 12.6. The van der Waals surface area contributed by atoms with Crippen molar-refractivity contribution in [2.24, 2.45) is 0 Å². The van der Waals surface area contributed by atoms with Crippen LogP contribution in [-0.2, 0) is 13.0 Å². The highest BCUT2D eigenvalue weighted by Gasteiger charge is 2.20. The number of aliphatic hydroxyl groups is 1. The van der Waals surface area contributed by atoms with Gasteiger partial charge < -0.3 is 9.84 Å². The molecule has 0 aliphatic carbocycles. The molecule has 2 aromatic rings. The molecule has 5 nitrogen and oxygen atoms in total. The van der Waals surface area contributed by atoms with Crippen molar-refractivity contribution >= 4 is 11.6 Å². The first-order valence-electron chi connectivity index (χ1n) is 7.42. The molecule has 1 aromatic heterocycles. The minimum Gasteiger partial charge on any atom is -0.489 e. The number of halogens is 1. The van der Waals surface area contributed by atoms with E-state index < -0.39 is 6.10 Å². The SMILES string of the molecule is Cc1ccc(Cl)c(OC[C@@H](O)CN2CCc3[nH]ncc3C2)c1. The highest BCUT2D eigenvalue weighted by Crippen LogP contribution is 2.25. The molecule has 1 atom stereocenters. The lowest BCUT2D eigenvalue weighted by Gasteiger charge is -2.28. The Balaban J connectivity index is 1.51. The summed E-state index contributed by atoms with van der Waals surface area (Å²) in [6, 6.07) is 5.62. The van der Waals surface area contributed by atoms with E-state index in [1.807, 2.05) is 31.3 Å². The Hall–Kier alpha value is -1.56. The molecule has 118 valence electrons. The van der Waals surface area contributed by atoms with E-state index in [0.29, 0.717) is 17.3 Å². The first-order valence-corrected chi connectivity index (χ1v) is 7.80. The van der Waals surface area contributed by atoms with Gasteiger partial charge in [-0.3, -0.25) is 10.00 Å². The summed E-state index contributed by atoms with van der Waals surface area (Å²) in [4.78, 5) is 2.21. The molecular weight excluding hydrogens is 302 g/mol. The maximum absolute atomic E-state index is 10.2. The lowest BCUT2D eigenvalue weighted by atomic mass is 10.1. The van der Waals surface area contributed by atoms with E-state index in [9.17, 15) is 5.11 Å². The van der Waals surface area contributed by atoms with Gasteiger partial charge in [-0.1, -0.05) is 17.7 Å². The normalized spacial score (nSPS) is 16.3. The Labute approximate surface area is 134 Å². The minimum atomic E-state index is -0.551. The minimum absolute atomic E-state index is 0.234. The molecule has 0 saturated heterocycles. The van der Waals surface area contributed by atoms with E-state index in [2.05, 4.69) is 15.1 Å². The molecule has 1 aliphatic heterocycles. The second-order valence-electron chi connectivity index (χ2n) is 5.76. The lowest BCUT2D eigenvalue weighted by Crippen LogP contribution is -2.38. The fourth-order valence-electron chi connectivity index (χ4n) is 2.69. The number of fused-ring (bicyclic) bond motifs is 1. The van der Waals surface area contributed by atoms with Crippen LogP contribution in [0, 0.1) is 6.92 Å². The second kappa shape index (κ2) is 6.69. The number of hydrogen-bond donors (Lipinski definition) is 2. The highest BCUT2D eigenvalue weighted by molar-refractivity contribution is 6.32. The van der Waals surface area contributed by atoms with Crippen molar-refractivity contribution in [3.05, 3.63) is 46.2 Å². The summed E-state index contributed by atoms with van der Waals surface area (Å²) in [5, 5.41) is 17.8. The Morgan fingerprint density at radius 1 is 1.50 bits per heavy atom. The van der Waals surface area contributed by atoms with Crippen LogP contribution < -0.4 is 4.74 Å². The first-order chi connectivity index (χ1) is 10.6. The summed E-state index contributed by atoms with van der Waals surface area (Å²) in [7, 11) is 0. The number of ether oxygens (including phenoxy) is 1. The Morgan fingerprint density at radius 2 is 2.36 bits per heavy atom. The molecule has 0 saturated carbocycles. The average Bonchev–Trinajstić information content (AvgIpc) is 2.96. The topological polar surface area (TPSA) is 61.4 Å². The van der Waals surface area contributed by atoms with Crippen LogP contribution in [0.1, 0.15) is 16.8 Å². The number of H-pyrrole nitrogens is 1. The molecule has 0 spiro atoms. The van der Waals surface area contributed by atoms with Gasteiger partial charge in [-0.05, 0) is 24.6 Å². The number of nitrogens with one attached hydrogen (secondary N) is 1. The van der Waals surface area contributed by atoms with Gasteiger partial charge in [0.2, 0.25) is 0 Å². The quantitative estimate of drug-likeness (QED) is 0.886. The molecule has 2 heterocycles. The Kier molecular flexibility index (Phi) is 4.66. The number of β-amino-alcohol motifs (C(OH)–C–C–N with tert-alkyl or cyclic N) is 1. The molecule has 22 heavy (non-hydrogen) atoms. The van der Waals surface area contributed by atoms with E-state index in [-0.39, 0.29) is 6.61 Å². The fourth-order valence-corrected chi connectivity index (χ4v) is 2.87. The number of aromatic amines is 1. The summed E-state index contributed by atoms with van der Waals surface area (Å²) in [5.41, 5.74) is 3.49. The monoisotopic (exact) mass is 321 g/mol. The van der Waals surface area contributed by atoms with Crippen molar-refractivity contribution < 1.29 is 9.84 Å². The van der Waals surface area contributed by atoms with E-state index >= 15 is 0 Å². The van der Waals surface area contributed by atoms with Crippen molar-refractivity contribution in [1.29, 1.82) is 0 Å². The molecule has 3 rings (SSSR count). The van der Waals surface area contributed by atoms with E-state index in [0.717, 1.165) is 25.1 Å². The molecule has 6 heteroatoms. The first kappa shape index (κ1) is 15.3. The summed E-state index contributed by atoms with van der Waals surface area (Å²) >= 11 is 6.09. The predicted molar refractivity (Wildman–Crippen MR) is 85.3 cm³/mol. The molecule has 2 N–H and O–H groups in total. The predicted octanol–water partition coefficient (Wildman–Crippen LogP) is 2.17. The van der Waals surface area contributed by atoms with Crippen LogP contribution in [0.4, 0.5) is 0 Å². The summed E-state index contributed by atoms with van der Waals surface area (Å²) in [6.45, 7) is 4.52. The van der Waals surface area contributed by atoms with Crippen molar-refractivity contribution in [2.75, 3.05) is 19.7 Å². The van der Waals surface area contributed by atoms with Gasteiger partial charge in [-0.15, -0.1) is 0 Å². The van der Waals surface area contributed by atoms with Crippen LogP contribution in [0.5, 0.6) is 5.75 Å². The van der Waals surface area contributed by atoms with Gasteiger partial charge in [0.05, 0.1) is 11.2 Å². The molecule has 0 fully saturated rings. The maximum Gasteiger partial charge on any atom is 0.138 e. The van der Waals surface area contributed by atoms with Crippen LogP contribution >= 0.6 is 11.6 Å². The van der Waals surface area contributed by atoms with E-state index in [4.69, 9.17) is 16.3 Å². The van der Waals surface area contributed by atoms with Crippen LogP contribution in [0.3, 0.4) is 0 Å². The molecule has 1 aromatic carbocycles. The Bertz CT molecular complexity index is 644. The van der Waals surface area contributed by atoms with Crippen molar-refractivity contribution in [3.63, 3.8) is 0 Å². The number of hydrogen-bond acceptors (Lipinski definition) is 4. The Morgan fingerprint density at radius 3 is 3.23 bits per heavy atom. The molecule has 0 radical (unpaired) electrons.